The number of hydrogen-bond acceptors (Lipinski definition) is 6. The summed E-state index contributed by atoms with van der Waals surface area (Å²) in [5.74, 6) is 0.765. The third-order valence-corrected chi connectivity index (χ3v) is 4.96. The quantitative estimate of drug-likeness (QED) is 0.578. The lowest BCUT2D eigenvalue weighted by molar-refractivity contribution is -0.126. The molecule has 1 fully saturated rings. The number of carbonyl (C=O) groups excluding carboxylic acids is 2. The van der Waals surface area contributed by atoms with Crippen LogP contribution in [-0.4, -0.2) is 51.4 Å². The van der Waals surface area contributed by atoms with Crippen LogP contribution in [0.2, 0.25) is 0 Å². The maximum atomic E-state index is 12.5. The van der Waals surface area contributed by atoms with Crippen molar-refractivity contribution in [3.05, 3.63) is 60.4 Å². The van der Waals surface area contributed by atoms with E-state index in [0.717, 1.165) is 11.3 Å². The summed E-state index contributed by atoms with van der Waals surface area (Å²) in [5.41, 5.74) is 1.97. The largest absolute Gasteiger partial charge is 0.367 e. The molecule has 3 heterocycles. The van der Waals surface area contributed by atoms with Crippen LogP contribution in [-0.2, 0) is 9.59 Å². The Hall–Kier alpha value is -3.75. The highest BCUT2D eigenvalue weighted by Gasteiger charge is 2.34. The van der Waals surface area contributed by atoms with Crippen molar-refractivity contribution in [3.8, 4) is 5.82 Å². The number of nitrogens with one attached hydrogen (secondary N) is 2. The van der Waals surface area contributed by atoms with Gasteiger partial charge in [-0.15, -0.1) is 10.2 Å². The van der Waals surface area contributed by atoms with Crippen molar-refractivity contribution in [1.29, 1.82) is 0 Å². The van der Waals surface area contributed by atoms with E-state index in [1.807, 2.05) is 43.3 Å². The average molecular weight is 405 g/mol. The first kappa shape index (κ1) is 19.6. The summed E-state index contributed by atoms with van der Waals surface area (Å²) in [6.07, 6.45) is 3.70. The second-order valence-corrected chi connectivity index (χ2v) is 7.19. The zero-order valence-corrected chi connectivity index (χ0v) is 16.7. The number of benzene rings is 1. The van der Waals surface area contributed by atoms with Gasteiger partial charge in [0, 0.05) is 44.1 Å². The van der Waals surface area contributed by atoms with Gasteiger partial charge in [0.25, 0.3) is 0 Å². The van der Waals surface area contributed by atoms with E-state index >= 15 is 0 Å². The van der Waals surface area contributed by atoms with Crippen molar-refractivity contribution >= 4 is 23.3 Å². The molecular weight excluding hydrogens is 382 g/mol. The summed E-state index contributed by atoms with van der Waals surface area (Å²) < 4.78 is 1.62. The number of rotatable bonds is 7. The van der Waals surface area contributed by atoms with Gasteiger partial charge in [0.1, 0.15) is 5.82 Å². The molecule has 2 amide bonds. The van der Waals surface area contributed by atoms with Crippen molar-refractivity contribution in [2.45, 2.75) is 13.3 Å². The van der Waals surface area contributed by atoms with Crippen molar-refractivity contribution in [2.24, 2.45) is 5.92 Å². The van der Waals surface area contributed by atoms with Crippen LogP contribution in [0.25, 0.3) is 5.82 Å². The summed E-state index contributed by atoms with van der Waals surface area (Å²) in [6, 6.07) is 13.2. The minimum Gasteiger partial charge on any atom is -0.367 e. The molecule has 30 heavy (non-hydrogen) atoms. The first-order chi connectivity index (χ1) is 14.6. The molecule has 1 aliphatic rings. The van der Waals surface area contributed by atoms with Gasteiger partial charge in [-0.1, -0.05) is 17.7 Å². The van der Waals surface area contributed by atoms with E-state index in [9.17, 15) is 9.59 Å². The highest BCUT2D eigenvalue weighted by Crippen LogP contribution is 2.25. The van der Waals surface area contributed by atoms with Gasteiger partial charge in [-0.25, -0.2) is 4.68 Å². The lowest BCUT2D eigenvalue weighted by Gasteiger charge is -2.17. The highest BCUT2D eigenvalue weighted by molar-refractivity contribution is 6.00. The van der Waals surface area contributed by atoms with E-state index in [1.54, 1.807) is 28.0 Å². The zero-order chi connectivity index (χ0) is 20.9. The molecule has 9 heteroatoms. The van der Waals surface area contributed by atoms with Gasteiger partial charge in [0.15, 0.2) is 5.82 Å². The highest BCUT2D eigenvalue weighted by atomic mass is 16.2. The van der Waals surface area contributed by atoms with Crippen LogP contribution in [0, 0.1) is 12.8 Å². The Kier molecular flexibility index (Phi) is 5.69. The Labute approximate surface area is 174 Å². The van der Waals surface area contributed by atoms with Gasteiger partial charge in [0.05, 0.1) is 5.92 Å². The molecule has 154 valence electrons. The predicted molar refractivity (Wildman–Crippen MR) is 112 cm³/mol. The van der Waals surface area contributed by atoms with E-state index in [0.29, 0.717) is 31.3 Å². The Balaban J connectivity index is 1.22. The number of amides is 2. The molecule has 0 saturated carbocycles. The monoisotopic (exact) mass is 405 g/mol. The molecule has 1 aromatic carbocycles. The van der Waals surface area contributed by atoms with Crippen molar-refractivity contribution in [1.82, 2.24) is 25.3 Å². The van der Waals surface area contributed by atoms with Gasteiger partial charge in [-0.2, -0.15) is 5.10 Å². The van der Waals surface area contributed by atoms with Crippen LogP contribution in [0.3, 0.4) is 0 Å². The average Bonchev–Trinajstić information content (AvgIpc) is 3.42. The van der Waals surface area contributed by atoms with E-state index in [2.05, 4.69) is 25.9 Å². The minimum atomic E-state index is -0.341. The molecular formula is C21H23N7O2. The fraction of sp³-hybridized carbons (Fsp3) is 0.286. The topological polar surface area (TPSA) is 105 Å². The fourth-order valence-electron chi connectivity index (χ4n) is 3.32. The Morgan fingerprint density at radius 1 is 1.13 bits per heavy atom. The van der Waals surface area contributed by atoms with E-state index in [4.69, 9.17) is 0 Å². The molecule has 4 rings (SSSR count). The second kappa shape index (κ2) is 8.73. The summed E-state index contributed by atoms with van der Waals surface area (Å²) in [4.78, 5) is 26.4. The number of hydrogen-bond donors (Lipinski definition) is 2. The van der Waals surface area contributed by atoms with E-state index in [1.165, 1.54) is 0 Å². The SMILES string of the molecule is Cc1ccc(N2CC(C(=O)NCCNc3ccc(-n4cccn4)nn3)CC2=O)cc1. The molecule has 0 aliphatic carbocycles. The Bertz CT molecular complexity index is 1000. The van der Waals surface area contributed by atoms with Crippen LogP contribution in [0.15, 0.2) is 54.9 Å². The molecule has 0 radical (unpaired) electrons. The number of anilines is 2. The lowest BCUT2D eigenvalue weighted by Crippen LogP contribution is -2.35. The molecule has 9 nitrogen and oxygen atoms in total. The predicted octanol–water partition coefficient (Wildman–Crippen LogP) is 1.55. The molecule has 0 spiro atoms. The number of aryl methyl sites for hydroxylation is 1. The molecule has 1 unspecified atom stereocenters. The molecule has 0 bridgehead atoms. The molecule has 1 atom stereocenters. The summed E-state index contributed by atoms with van der Waals surface area (Å²) in [6.45, 7) is 3.33. The van der Waals surface area contributed by atoms with Crippen molar-refractivity contribution in [3.63, 3.8) is 0 Å². The number of aromatic nitrogens is 4. The van der Waals surface area contributed by atoms with Gasteiger partial charge >= 0.3 is 0 Å². The van der Waals surface area contributed by atoms with Crippen LogP contribution >= 0.6 is 0 Å². The van der Waals surface area contributed by atoms with E-state index in [-0.39, 0.29) is 24.2 Å². The van der Waals surface area contributed by atoms with E-state index < -0.39 is 0 Å². The molecule has 1 aliphatic heterocycles. The first-order valence-corrected chi connectivity index (χ1v) is 9.82. The van der Waals surface area contributed by atoms with Gasteiger partial charge in [0.2, 0.25) is 11.8 Å². The minimum absolute atomic E-state index is 0.0234. The summed E-state index contributed by atoms with van der Waals surface area (Å²) in [5, 5.41) is 18.3. The molecule has 1 saturated heterocycles. The third-order valence-electron chi connectivity index (χ3n) is 4.96. The summed E-state index contributed by atoms with van der Waals surface area (Å²) >= 11 is 0. The van der Waals surface area contributed by atoms with Crippen LogP contribution in [0.1, 0.15) is 12.0 Å². The number of carbonyl (C=O) groups is 2. The molecule has 3 aromatic rings. The van der Waals surface area contributed by atoms with Crippen LogP contribution in [0.5, 0.6) is 0 Å². The van der Waals surface area contributed by atoms with Crippen LogP contribution < -0.4 is 15.5 Å². The number of nitrogens with zero attached hydrogens (tertiary/aromatic N) is 5. The Morgan fingerprint density at radius 2 is 1.97 bits per heavy atom. The van der Waals surface area contributed by atoms with Crippen molar-refractivity contribution < 1.29 is 9.59 Å². The standard InChI is InChI=1S/C21H23N7O2/c1-15-3-5-17(6-4-15)27-14-16(13-20(27)29)21(30)23-11-10-22-18-7-8-19(26-25-18)28-12-2-9-24-28/h2-9,12,16H,10-11,13-14H2,1H3,(H,22,25)(H,23,30). The maximum Gasteiger partial charge on any atom is 0.227 e. The molecule has 2 aromatic heterocycles. The summed E-state index contributed by atoms with van der Waals surface area (Å²) in [7, 11) is 0. The normalized spacial score (nSPS) is 16.0. The van der Waals surface area contributed by atoms with Crippen molar-refractivity contribution in [2.75, 3.05) is 29.9 Å². The fourth-order valence-corrected chi connectivity index (χ4v) is 3.32. The van der Waals surface area contributed by atoms with Gasteiger partial charge in [-0.05, 0) is 37.3 Å². The smallest absolute Gasteiger partial charge is 0.227 e. The first-order valence-electron chi connectivity index (χ1n) is 9.82. The zero-order valence-electron chi connectivity index (χ0n) is 16.7. The third kappa shape index (κ3) is 4.45. The van der Waals surface area contributed by atoms with Gasteiger partial charge < -0.3 is 15.5 Å². The second-order valence-electron chi connectivity index (χ2n) is 7.19. The lowest BCUT2D eigenvalue weighted by atomic mass is 10.1. The maximum absolute atomic E-state index is 12.5. The Morgan fingerprint density at radius 3 is 2.67 bits per heavy atom. The van der Waals surface area contributed by atoms with Gasteiger partial charge in [-0.3, -0.25) is 9.59 Å². The van der Waals surface area contributed by atoms with Crippen LogP contribution in [0.4, 0.5) is 11.5 Å². The molecule has 2 N–H and O–H groups in total.